The van der Waals surface area contributed by atoms with Gasteiger partial charge in [-0.2, -0.15) is 0 Å². The molecule has 0 unspecified atom stereocenters. The number of hydrogen-bond acceptors (Lipinski definition) is 5. The van der Waals surface area contributed by atoms with Crippen LogP contribution in [0.4, 0.5) is 10.3 Å². The molecule has 5 nitrogen and oxygen atoms in total. The van der Waals surface area contributed by atoms with E-state index in [9.17, 15) is 14.0 Å². The Morgan fingerprint density at radius 3 is 2.47 bits per heavy atom. The molecule has 2 aromatic heterocycles. The van der Waals surface area contributed by atoms with Gasteiger partial charge < -0.3 is 9.15 Å². The fraction of sp³-hybridized carbons (Fsp3) is 0.0400. The summed E-state index contributed by atoms with van der Waals surface area (Å²) in [7, 11) is 1.55. The summed E-state index contributed by atoms with van der Waals surface area (Å²) in [6, 6.07) is 20.0. The molecule has 32 heavy (non-hydrogen) atoms. The normalized spacial score (nSPS) is 11.1. The van der Waals surface area contributed by atoms with Gasteiger partial charge in [-0.05, 0) is 42.0 Å². The van der Waals surface area contributed by atoms with E-state index < -0.39 is 11.7 Å². The van der Waals surface area contributed by atoms with E-state index in [4.69, 9.17) is 9.15 Å². The highest BCUT2D eigenvalue weighted by Gasteiger charge is 2.22. The molecule has 0 atom stereocenters. The Morgan fingerprint density at radius 1 is 1.00 bits per heavy atom. The van der Waals surface area contributed by atoms with Crippen molar-refractivity contribution in [2.24, 2.45) is 0 Å². The molecule has 2 heterocycles. The van der Waals surface area contributed by atoms with Crippen LogP contribution in [0.2, 0.25) is 0 Å². The van der Waals surface area contributed by atoms with E-state index in [0.29, 0.717) is 21.6 Å². The fourth-order valence-electron chi connectivity index (χ4n) is 3.57. The van der Waals surface area contributed by atoms with Gasteiger partial charge in [0, 0.05) is 10.1 Å². The summed E-state index contributed by atoms with van der Waals surface area (Å²) in [5.74, 6) is -0.789. The van der Waals surface area contributed by atoms with Crippen LogP contribution in [0.5, 0.6) is 5.75 Å². The zero-order valence-electron chi connectivity index (χ0n) is 16.8. The third-order valence-electron chi connectivity index (χ3n) is 5.14. The highest BCUT2D eigenvalue weighted by atomic mass is 32.1. The number of halogens is 1. The summed E-state index contributed by atoms with van der Waals surface area (Å²) in [5.41, 5.74) is 0.698. The van der Waals surface area contributed by atoms with Gasteiger partial charge in [-0.15, -0.1) is 11.3 Å². The molecule has 0 saturated heterocycles. The van der Waals surface area contributed by atoms with Gasteiger partial charge in [-0.3, -0.25) is 14.9 Å². The van der Waals surface area contributed by atoms with Gasteiger partial charge >= 0.3 is 0 Å². The molecule has 5 aromatic rings. The highest BCUT2D eigenvalue weighted by Crippen LogP contribution is 2.37. The predicted octanol–water partition coefficient (Wildman–Crippen LogP) is 6.07. The maximum Gasteiger partial charge on any atom is 0.260 e. The molecule has 1 amide bonds. The minimum absolute atomic E-state index is 0.0375. The largest absolute Gasteiger partial charge is 0.497 e. The van der Waals surface area contributed by atoms with Crippen molar-refractivity contribution in [2.75, 3.05) is 12.4 Å². The lowest BCUT2D eigenvalue weighted by Crippen LogP contribution is -2.17. The van der Waals surface area contributed by atoms with Crippen LogP contribution in [0.3, 0.4) is 0 Å². The van der Waals surface area contributed by atoms with E-state index in [2.05, 4.69) is 5.32 Å². The van der Waals surface area contributed by atoms with E-state index in [1.165, 1.54) is 29.5 Å². The molecule has 5 rings (SSSR count). The van der Waals surface area contributed by atoms with Crippen molar-refractivity contribution in [3.8, 4) is 16.9 Å². The van der Waals surface area contributed by atoms with Gasteiger partial charge in [0.05, 0.1) is 18.2 Å². The zero-order chi connectivity index (χ0) is 22.2. The van der Waals surface area contributed by atoms with Crippen molar-refractivity contribution in [2.45, 2.75) is 0 Å². The number of thiophene rings is 1. The molecule has 158 valence electrons. The maximum absolute atomic E-state index is 14.2. The molecule has 0 aliphatic rings. The topological polar surface area (TPSA) is 68.5 Å². The quantitative estimate of drug-likeness (QED) is 0.364. The number of ether oxygens (including phenoxy) is 1. The Morgan fingerprint density at radius 2 is 1.72 bits per heavy atom. The van der Waals surface area contributed by atoms with E-state index >= 15 is 0 Å². The Hall–Kier alpha value is -3.97. The van der Waals surface area contributed by atoms with E-state index in [1.807, 2.05) is 24.3 Å². The lowest BCUT2D eigenvalue weighted by Gasteiger charge is -2.11. The van der Waals surface area contributed by atoms with E-state index in [0.717, 1.165) is 10.1 Å². The number of benzene rings is 3. The molecular formula is C25H16FNO4S. The minimum atomic E-state index is -0.708. The molecular weight excluding hydrogens is 429 g/mol. The van der Waals surface area contributed by atoms with E-state index in [-0.39, 0.29) is 22.4 Å². The number of fused-ring (bicyclic) bond motifs is 3. The van der Waals surface area contributed by atoms with Crippen LogP contribution in [-0.2, 0) is 0 Å². The van der Waals surface area contributed by atoms with Crippen LogP contribution in [0.1, 0.15) is 10.4 Å². The third-order valence-corrected chi connectivity index (χ3v) is 6.29. The second kappa shape index (κ2) is 7.94. The Kier molecular flexibility index (Phi) is 4.95. The number of anilines is 1. The molecule has 0 aliphatic heterocycles. The maximum atomic E-state index is 14.2. The zero-order valence-corrected chi connectivity index (χ0v) is 17.7. The van der Waals surface area contributed by atoms with Gasteiger partial charge in [0.2, 0.25) is 11.3 Å². The number of nitrogens with one attached hydrogen (secondary N) is 1. The number of amides is 1. The number of hydrogen-bond donors (Lipinski definition) is 1. The number of carbonyl (C=O) groups is 1. The molecule has 3 aromatic carbocycles. The fourth-order valence-corrected chi connectivity index (χ4v) is 4.64. The Labute approximate surface area is 185 Å². The van der Waals surface area contributed by atoms with Gasteiger partial charge in [0.25, 0.3) is 5.91 Å². The molecule has 0 radical (unpaired) electrons. The SMILES string of the molecule is COc1ccc(-c2c(NC(=O)c3ccccc3F)oc3c(sc4ccccc43)c2=O)cc1. The molecule has 0 spiro atoms. The smallest absolute Gasteiger partial charge is 0.260 e. The van der Waals surface area contributed by atoms with Gasteiger partial charge in [0.15, 0.2) is 5.58 Å². The first-order chi connectivity index (χ1) is 15.6. The second-order valence-electron chi connectivity index (χ2n) is 7.05. The second-order valence-corrected chi connectivity index (χ2v) is 8.11. The molecule has 0 fully saturated rings. The average Bonchev–Trinajstić information content (AvgIpc) is 3.19. The van der Waals surface area contributed by atoms with Crippen LogP contribution in [0, 0.1) is 5.82 Å². The third kappa shape index (κ3) is 3.33. The summed E-state index contributed by atoms with van der Waals surface area (Å²) < 4.78 is 26.8. The van der Waals surface area contributed by atoms with Crippen molar-refractivity contribution in [3.63, 3.8) is 0 Å². The molecule has 0 aliphatic carbocycles. The monoisotopic (exact) mass is 445 g/mol. The van der Waals surface area contributed by atoms with Crippen molar-refractivity contribution in [1.82, 2.24) is 0 Å². The number of methoxy groups -OCH3 is 1. The molecule has 0 saturated carbocycles. The lowest BCUT2D eigenvalue weighted by molar-refractivity contribution is 0.102. The number of carbonyl (C=O) groups excluding carboxylic acids is 1. The van der Waals surface area contributed by atoms with Crippen LogP contribution in [0.25, 0.3) is 31.5 Å². The van der Waals surface area contributed by atoms with Crippen molar-refractivity contribution in [3.05, 3.63) is 94.4 Å². The average molecular weight is 445 g/mol. The predicted molar refractivity (Wildman–Crippen MR) is 124 cm³/mol. The van der Waals surface area contributed by atoms with Gasteiger partial charge in [0.1, 0.15) is 16.3 Å². The summed E-state index contributed by atoms with van der Waals surface area (Å²) in [6.45, 7) is 0. The van der Waals surface area contributed by atoms with Crippen LogP contribution in [-0.4, -0.2) is 13.0 Å². The van der Waals surface area contributed by atoms with E-state index in [1.54, 1.807) is 37.4 Å². The molecule has 1 N–H and O–H groups in total. The lowest BCUT2D eigenvalue weighted by atomic mass is 10.1. The van der Waals surface area contributed by atoms with Gasteiger partial charge in [-0.1, -0.05) is 36.4 Å². The standard InChI is InChI=1S/C25H16FNO4S/c1-30-15-12-10-14(11-13-15)20-21(28)23-22(17-7-3-5-9-19(17)32-23)31-25(20)27-24(29)16-6-2-4-8-18(16)26/h2-13H,1H3,(H,27,29). The van der Waals surface area contributed by atoms with Crippen molar-refractivity contribution >= 4 is 43.5 Å². The first kappa shape index (κ1) is 20.0. The van der Waals surface area contributed by atoms with Crippen molar-refractivity contribution < 1.29 is 18.3 Å². The summed E-state index contributed by atoms with van der Waals surface area (Å²) in [5, 5.41) is 3.38. The van der Waals surface area contributed by atoms with Crippen LogP contribution in [0.15, 0.2) is 82.0 Å². The number of rotatable bonds is 4. The first-order valence-corrected chi connectivity index (χ1v) is 10.6. The van der Waals surface area contributed by atoms with Gasteiger partial charge in [-0.25, -0.2) is 4.39 Å². The van der Waals surface area contributed by atoms with Crippen LogP contribution >= 0.6 is 11.3 Å². The minimum Gasteiger partial charge on any atom is -0.497 e. The first-order valence-electron chi connectivity index (χ1n) is 9.75. The molecule has 0 bridgehead atoms. The Bertz CT molecular complexity index is 1540. The summed E-state index contributed by atoms with van der Waals surface area (Å²) in [4.78, 5) is 26.4. The summed E-state index contributed by atoms with van der Waals surface area (Å²) >= 11 is 1.33. The molecule has 7 heteroatoms. The Balaban J connectivity index is 1.74. The van der Waals surface area contributed by atoms with Crippen molar-refractivity contribution in [1.29, 1.82) is 0 Å². The highest BCUT2D eigenvalue weighted by molar-refractivity contribution is 7.25. The van der Waals surface area contributed by atoms with Crippen LogP contribution < -0.4 is 15.5 Å². The summed E-state index contributed by atoms with van der Waals surface area (Å²) in [6.07, 6.45) is 0.